The Morgan fingerprint density at radius 2 is 1.75 bits per heavy atom. The van der Waals surface area contributed by atoms with Crippen LogP contribution in [-0.4, -0.2) is 37.2 Å². The molecule has 0 radical (unpaired) electrons. The minimum absolute atomic E-state index is 0.227. The average Bonchev–Trinajstić information content (AvgIpc) is 2.62. The Morgan fingerprint density at radius 1 is 1.04 bits per heavy atom. The van der Waals surface area contributed by atoms with Gasteiger partial charge in [0.1, 0.15) is 6.61 Å². The molecule has 0 unspecified atom stereocenters. The summed E-state index contributed by atoms with van der Waals surface area (Å²) in [4.78, 5) is 13.7. The lowest BCUT2D eigenvalue weighted by molar-refractivity contribution is 0.0918. The summed E-state index contributed by atoms with van der Waals surface area (Å²) in [5.41, 5.74) is 3.52. The molecule has 0 aromatic heterocycles. The van der Waals surface area contributed by atoms with Crippen LogP contribution in [0.4, 0.5) is 4.79 Å². The molecule has 0 spiro atoms. The van der Waals surface area contributed by atoms with Crippen LogP contribution in [0.3, 0.4) is 0 Å². The number of benzene rings is 2. The van der Waals surface area contributed by atoms with Gasteiger partial charge in [0, 0.05) is 30.7 Å². The topological polar surface area (TPSA) is 41.6 Å². The van der Waals surface area contributed by atoms with Crippen molar-refractivity contribution >= 4 is 22.0 Å². The van der Waals surface area contributed by atoms with Gasteiger partial charge in [0.25, 0.3) is 0 Å². The molecule has 4 nitrogen and oxygen atoms in total. The highest BCUT2D eigenvalue weighted by Crippen LogP contribution is 2.16. The van der Waals surface area contributed by atoms with Crippen molar-refractivity contribution < 1.29 is 9.53 Å². The number of hydrogen-bond donors (Lipinski definition) is 1. The zero-order valence-corrected chi connectivity index (χ0v) is 15.1. The predicted molar refractivity (Wildman–Crippen MR) is 98.0 cm³/mol. The molecule has 0 aliphatic carbocycles. The van der Waals surface area contributed by atoms with Gasteiger partial charge in [-0.05, 0) is 35.2 Å². The number of nitrogens with one attached hydrogen (secondary N) is 1. The van der Waals surface area contributed by atoms with Crippen LogP contribution in [0.5, 0.6) is 0 Å². The third-order valence-electron chi connectivity index (χ3n) is 4.06. The van der Waals surface area contributed by atoms with E-state index >= 15 is 0 Å². The van der Waals surface area contributed by atoms with Crippen LogP contribution < -0.4 is 5.32 Å². The fraction of sp³-hybridized carbons (Fsp3) is 0.316. The van der Waals surface area contributed by atoms with E-state index in [2.05, 4.69) is 45.5 Å². The third kappa shape index (κ3) is 4.82. The van der Waals surface area contributed by atoms with Crippen molar-refractivity contribution in [3.8, 4) is 0 Å². The maximum atomic E-state index is 12.0. The van der Waals surface area contributed by atoms with Crippen LogP contribution in [0.2, 0.25) is 0 Å². The lowest BCUT2D eigenvalue weighted by atomic mass is 10.0. The molecule has 24 heavy (non-hydrogen) atoms. The van der Waals surface area contributed by atoms with E-state index in [0.29, 0.717) is 19.7 Å². The summed E-state index contributed by atoms with van der Waals surface area (Å²) in [6.07, 6.45) is 0.662. The van der Waals surface area contributed by atoms with E-state index in [1.807, 2.05) is 24.3 Å². The first-order valence-corrected chi connectivity index (χ1v) is 8.95. The number of carbonyl (C=O) groups is 1. The molecule has 3 rings (SSSR count). The Labute approximate surface area is 150 Å². The fourth-order valence-electron chi connectivity index (χ4n) is 2.72. The molecule has 0 bridgehead atoms. The standard InChI is InChI=1S/C19H21BrN2O2/c20-18-3-1-2-17(13-18)12-15-4-6-16(7-5-15)14-24-19(23)22-10-8-21-9-11-22/h1-7,13,21H,8-12,14H2. The van der Waals surface area contributed by atoms with Crippen LogP contribution in [0.25, 0.3) is 0 Å². The fourth-order valence-corrected chi connectivity index (χ4v) is 3.17. The van der Waals surface area contributed by atoms with Crippen molar-refractivity contribution in [3.05, 3.63) is 69.7 Å². The van der Waals surface area contributed by atoms with E-state index in [9.17, 15) is 4.79 Å². The number of amides is 1. The van der Waals surface area contributed by atoms with E-state index in [0.717, 1.165) is 29.5 Å². The van der Waals surface area contributed by atoms with Gasteiger partial charge in [0.2, 0.25) is 0 Å². The average molecular weight is 389 g/mol. The summed E-state index contributed by atoms with van der Waals surface area (Å²) in [7, 11) is 0. The number of rotatable bonds is 4. The lowest BCUT2D eigenvalue weighted by Gasteiger charge is -2.26. The molecular formula is C19H21BrN2O2. The molecule has 1 N–H and O–H groups in total. The summed E-state index contributed by atoms with van der Waals surface area (Å²) in [5, 5.41) is 3.22. The molecule has 1 fully saturated rings. The van der Waals surface area contributed by atoms with Crippen LogP contribution in [0.15, 0.2) is 53.0 Å². The quantitative estimate of drug-likeness (QED) is 0.869. The Balaban J connectivity index is 1.51. The first kappa shape index (κ1) is 17.0. The van der Waals surface area contributed by atoms with Crippen LogP contribution in [0, 0.1) is 0 Å². The van der Waals surface area contributed by atoms with Crippen molar-refractivity contribution in [3.63, 3.8) is 0 Å². The van der Waals surface area contributed by atoms with Gasteiger partial charge in [-0.15, -0.1) is 0 Å². The first-order valence-electron chi connectivity index (χ1n) is 8.15. The van der Waals surface area contributed by atoms with E-state index in [1.165, 1.54) is 11.1 Å². The summed E-state index contributed by atoms with van der Waals surface area (Å²) >= 11 is 3.50. The summed E-state index contributed by atoms with van der Waals surface area (Å²) in [6.45, 7) is 3.41. The van der Waals surface area contributed by atoms with Gasteiger partial charge in [-0.25, -0.2) is 4.79 Å². The second-order valence-corrected chi connectivity index (χ2v) is 6.83. The lowest BCUT2D eigenvalue weighted by Crippen LogP contribution is -2.46. The predicted octanol–water partition coefficient (Wildman–Crippen LogP) is 3.58. The Kier molecular flexibility index (Phi) is 5.88. The van der Waals surface area contributed by atoms with E-state index in [4.69, 9.17) is 4.74 Å². The Morgan fingerprint density at radius 3 is 2.46 bits per heavy atom. The van der Waals surface area contributed by atoms with Crippen molar-refractivity contribution in [1.82, 2.24) is 10.2 Å². The van der Waals surface area contributed by atoms with Gasteiger partial charge in [-0.1, -0.05) is 52.3 Å². The zero-order chi connectivity index (χ0) is 16.8. The molecule has 5 heteroatoms. The second kappa shape index (κ2) is 8.31. The summed E-state index contributed by atoms with van der Waals surface area (Å²) in [6, 6.07) is 16.6. The SMILES string of the molecule is O=C(OCc1ccc(Cc2cccc(Br)c2)cc1)N1CCNCC1. The van der Waals surface area contributed by atoms with Gasteiger partial charge in [-0.3, -0.25) is 0 Å². The second-order valence-electron chi connectivity index (χ2n) is 5.91. The highest BCUT2D eigenvalue weighted by molar-refractivity contribution is 9.10. The first-order chi connectivity index (χ1) is 11.7. The monoisotopic (exact) mass is 388 g/mol. The normalized spacial score (nSPS) is 14.5. The van der Waals surface area contributed by atoms with E-state index in [1.54, 1.807) is 4.90 Å². The number of hydrogen-bond acceptors (Lipinski definition) is 3. The van der Waals surface area contributed by atoms with Crippen molar-refractivity contribution in [1.29, 1.82) is 0 Å². The van der Waals surface area contributed by atoms with E-state index in [-0.39, 0.29) is 6.09 Å². The van der Waals surface area contributed by atoms with Crippen molar-refractivity contribution in [2.24, 2.45) is 0 Å². The zero-order valence-electron chi connectivity index (χ0n) is 13.5. The third-order valence-corrected chi connectivity index (χ3v) is 4.55. The van der Waals surface area contributed by atoms with Gasteiger partial charge in [0.15, 0.2) is 0 Å². The van der Waals surface area contributed by atoms with E-state index < -0.39 is 0 Å². The molecule has 2 aromatic carbocycles. The summed E-state index contributed by atoms with van der Waals surface area (Å²) < 4.78 is 6.49. The molecule has 126 valence electrons. The Bertz CT molecular complexity index is 682. The molecule has 1 aliphatic rings. The number of ether oxygens (including phenoxy) is 1. The highest BCUT2D eigenvalue weighted by atomic mass is 79.9. The van der Waals surface area contributed by atoms with Gasteiger partial charge in [0.05, 0.1) is 0 Å². The van der Waals surface area contributed by atoms with Crippen molar-refractivity contribution in [2.45, 2.75) is 13.0 Å². The maximum absolute atomic E-state index is 12.0. The molecule has 2 aromatic rings. The Hall–Kier alpha value is -1.85. The van der Waals surface area contributed by atoms with Crippen LogP contribution in [0.1, 0.15) is 16.7 Å². The number of nitrogens with zero attached hydrogens (tertiary/aromatic N) is 1. The largest absolute Gasteiger partial charge is 0.445 e. The van der Waals surface area contributed by atoms with Crippen molar-refractivity contribution in [2.75, 3.05) is 26.2 Å². The molecule has 1 saturated heterocycles. The van der Waals surface area contributed by atoms with Gasteiger partial charge in [-0.2, -0.15) is 0 Å². The maximum Gasteiger partial charge on any atom is 0.410 e. The molecule has 1 aliphatic heterocycles. The molecule has 0 saturated carbocycles. The van der Waals surface area contributed by atoms with Gasteiger partial charge < -0.3 is 15.0 Å². The smallest absolute Gasteiger partial charge is 0.410 e. The molecule has 1 amide bonds. The number of carbonyl (C=O) groups excluding carboxylic acids is 1. The minimum atomic E-state index is -0.227. The number of halogens is 1. The van der Waals surface area contributed by atoms with Crippen LogP contribution in [-0.2, 0) is 17.8 Å². The highest BCUT2D eigenvalue weighted by Gasteiger charge is 2.17. The molecule has 1 heterocycles. The molecular weight excluding hydrogens is 368 g/mol. The van der Waals surface area contributed by atoms with Gasteiger partial charge >= 0.3 is 6.09 Å². The summed E-state index contributed by atoms with van der Waals surface area (Å²) in [5.74, 6) is 0. The van der Waals surface area contributed by atoms with Crippen LogP contribution >= 0.6 is 15.9 Å². The number of piperazine rings is 1. The molecule has 0 atom stereocenters. The minimum Gasteiger partial charge on any atom is -0.445 e.